The van der Waals surface area contributed by atoms with Crippen molar-refractivity contribution in [3.05, 3.63) is 41.7 Å². The summed E-state index contributed by atoms with van der Waals surface area (Å²) >= 11 is 0. The van der Waals surface area contributed by atoms with Gasteiger partial charge in [-0.3, -0.25) is 4.79 Å². The minimum absolute atomic E-state index is 0.126. The Morgan fingerprint density at radius 2 is 2.11 bits per heavy atom. The van der Waals surface area contributed by atoms with Gasteiger partial charge >= 0.3 is 0 Å². The van der Waals surface area contributed by atoms with Crippen molar-refractivity contribution in [2.75, 3.05) is 5.32 Å². The highest BCUT2D eigenvalue weighted by atomic mass is 16.2. The second kappa shape index (κ2) is 5.42. The molecule has 18 heavy (non-hydrogen) atoms. The number of aromatic nitrogens is 3. The molecule has 0 unspecified atom stereocenters. The first-order valence-corrected chi connectivity index (χ1v) is 5.63. The molecule has 0 saturated heterocycles. The summed E-state index contributed by atoms with van der Waals surface area (Å²) in [4.78, 5) is 11.7. The third-order valence-corrected chi connectivity index (χ3v) is 2.44. The zero-order chi connectivity index (χ0) is 13.0. The molecule has 6 heteroatoms. The van der Waals surface area contributed by atoms with E-state index in [1.807, 2.05) is 31.2 Å². The molecule has 2 rings (SSSR count). The van der Waals surface area contributed by atoms with E-state index in [0.717, 1.165) is 11.3 Å². The highest BCUT2D eigenvalue weighted by molar-refractivity contribution is 5.90. The number of hydrogen-bond acceptors (Lipinski definition) is 4. The largest absolute Gasteiger partial charge is 0.325 e. The zero-order valence-electron chi connectivity index (χ0n) is 10.1. The lowest BCUT2D eigenvalue weighted by Gasteiger charge is -2.05. The fourth-order valence-corrected chi connectivity index (χ4v) is 1.49. The van der Waals surface area contributed by atoms with Crippen LogP contribution in [0.4, 0.5) is 5.69 Å². The second-order valence-electron chi connectivity index (χ2n) is 4.03. The molecule has 1 aromatic carbocycles. The smallest absolute Gasteiger partial charge is 0.246 e. The Balaban J connectivity index is 1.94. The Morgan fingerprint density at radius 1 is 1.39 bits per heavy atom. The number of nitrogens with one attached hydrogen (secondary N) is 1. The Labute approximate surface area is 105 Å². The SMILES string of the molecule is Cc1ccc(NC(=O)Cn2cc(CN)nn2)cc1. The van der Waals surface area contributed by atoms with Crippen LogP contribution >= 0.6 is 0 Å². The lowest BCUT2D eigenvalue weighted by molar-refractivity contribution is -0.116. The van der Waals surface area contributed by atoms with Gasteiger partial charge in [-0.1, -0.05) is 22.9 Å². The lowest BCUT2D eigenvalue weighted by atomic mass is 10.2. The summed E-state index contributed by atoms with van der Waals surface area (Å²) in [6, 6.07) is 7.61. The van der Waals surface area contributed by atoms with Gasteiger partial charge in [0.1, 0.15) is 6.54 Å². The maximum atomic E-state index is 11.7. The average Bonchev–Trinajstić information content (AvgIpc) is 2.79. The Morgan fingerprint density at radius 3 is 2.72 bits per heavy atom. The van der Waals surface area contributed by atoms with Crippen molar-refractivity contribution in [3.63, 3.8) is 0 Å². The van der Waals surface area contributed by atoms with Gasteiger partial charge in [-0.15, -0.1) is 5.10 Å². The highest BCUT2D eigenvalue weighted by Gasteiger charge is 2.05. The summed E-state index contributed by atoms with van der Waals surface area (Å²) in [7, 11) is 0. The normalized spacial score (nSPS) is 10.3. The minimum Gasteiger partial charge on any atom is -0.325 e. The van der Waals surface area contributed by atoms with Crippen molar-refractivity contribution in [3.8, 4) is 0 Å². The van der Waals surface area contributed by atoms with Crippen LogP contribution in [0.15, 0.2) is 30.5 Å². The van der Waals surface area contributed by atoms with Gasteiger partial charge in [-0.05, 0) is 19.1 Å². The van der Waals surface area contributed by atoms with Gasteiger partial charge in [0.25, 0.3) is 0 Å². The minimum atomic E-state index is -0.146. The van der Waals surface area contributed by atoms with Crippen LogP contribution in [-0.4, -0.2) is 20.9 Å². The number of nitrogens with zero attached hydrogens (tertiary/aromatic N) is 3. The van der Waals surface area contributed by atoms with Crippen LogP contribution < -0.4 is 11.1 Å². The maximum Gasteiger partial charge on any atom is 0.246 e. The summed E-state index contributed by atoms with van der Waals surface area (Å²) < 4.78 is 1.46. The molecular formula is C12H15N5O. The van der Waals surface area contributed by atoms with Crippen LogP contribution in [0.2, 0.25) is 0 Å². The third kappa shape index (κ3) is 3.14. The molecule has 0 bridgehead atoms. The number of aryl methyl sites for hydroxylation is 1. The van der Waals surface area contributed by atoms with Gasteiger partial charge in [0.05, 0.1) is 11.9 Å². The summed E-state index contributed by atoms with van der Waals surface area (Å²) in [5.41, 5.74) is 8.00. The van der Waals surface area contributed by atoms with Crippen LogP contribution in [0, 0.1) is 6.92 Å². The van der Waals surface area contributed by atoms with Crippen molar-refractivity contribution in [2.45, 2.75) is 20.0 Å². The van der Waals surface area contributed by atoms with E-state index < -0.39 is 0 Å². The predicted octanol–water partition coefficient (Wildman–Crippen LogP) is 0.684. The van der Waals surface area contributed by atoms with Crippen molar-refractivity contribution < 1.29 is 4.79 Å². The molecule has 0 spiro atoms. The summed E-state index contributed by atoms with van der Waals surface area (Å²) in [6.45, 7) is 2.44. The second-order valence-corrected chi connectivity index (χ2v) is 4.03. The van der Waals surface area contributed by atoms with Crippen LogP contribution in [0.1, 0.15) is 11.3 Å². The number of nitrogens with two attached hydrogens (primary N) is 1. The molecule has 1 heterocycles. The van der Waals surface area contributed by atoms with E-state index in [4.69, 9.17) is 5.73 Å². The Hall–Kier alpha value is -2.21. The molecule has 0 fully saturated rings. The maximum absolute atomic E-state index is 11.7. The van der Waals surface area contributed by atoms with E-state index in [9.17, 15) is 4.79 Å². The Bertz CT molecular complexity index is 532. The molecule has 2 aromatic rings. The first kappa shape index (κ1) is 12.3. The molecule has 0 aliphatic carbocycles. The standard InChI is InChI=1S/C12H15N5O/c1-9-2-4-10(5-3-9)14-12(18)8-17-7-11(6-13)15-16-17/h2-5,7H,6,8,13H2,1H3,(H,14,18). The summed E-state index contributed by atoms with van der Waals surface area (Å²) in [5, 5.41) is 10.4. The Kier molecular flexibility index (Phi) is 3.69. The first-order chi connectivity index (χ1) is 8.67. The molecule has 1 aromatic heterocycles. The molecular weight excluding hydrogens is 230 g/mol. The van der Waals surface area contributed by atoms with Crippen LogP contribution in [0.25, 0.3) is 0 Å². The highest BCUT2D eigenvalue weighted by Crippen LogP contribution is 2.08. The number of anilines is 1. The van der Waals surface area contributed by atoms with Gasteiger partial charge < -0.3 is 11.1 Å². The zero-order valence-corrected chi connectivity index (χ0v) is 10.1. The van der Waals surface area contributed by atoms with Gasteiger partial charge in [0, 0.05) is 12.2 Å². The fourth-order valence-electron chi connectivity index (χ4n) is 1.49. The van der Waals surface area contributed by atoms with E-state index in [1.54, 1.807) is 6.20 Å². The van der Waals surface area contributed by atoms with Crippen molar-refractivity contribution in [2.24, 2.45) is 5.73 Å². The van der Waals surface area contributed by atoms with Gasteiger partial charge in [-0.2, -0.15) is 0 Å². The van der Waals surface area contributed by atoms with E-state index in [0.29, 0.717) is 12.2 Å². The third-order valence-electron chi connectivity index (χ3n) is 2.44. The molecule has 6 nitrogen and oxygen atoms in total. The lowest BCUT2D eigenvalue weighted by Crippen LogP contribution is -2.19. The molecule has 94 valence electrons. The number of amides is 1. The van der Waals surface area contributed by atoms with Crippen LogP contribution in [0.5, 0.6) is 0 Å². The number of hydrogen-bond donors (Lipinski definition) is 2. The predicted molar refractivity (Wildman–Crippen MR) is 67.7 cm³/mol. The van der Waals surface area contributed by atoms with E-state index in [1.165, 1.54) is 4.68 Å². The molecule has 0 aliphatic rings. The molecule has 0 aliphatic heterocycles. The van der Waals surface area contributed by atoms with Crippen molar-refractivity contribution in [1.29, 1.82) is 0 Å². The van der Waals surface area contributed by atoms with Gasteiger partial charge in [-0.25, -0.2) is 4.68 Å². The van der Waals surface area contributed by atoms with Gasteiger partial charge in [0.2, 0.25) is 5.91 Å². The molecule has 0 atom stereocenters. The van der Waals surface area contributed by atoms with Crippen LogP contribution in [-0.2, 0) is 17.9 Å². The number of rotatable bonds is 4. The van der Waals surface area contributed by atoms with E-state index in [2.05, 4.69) is 15.6 Å². The fraction of sp³-hybridized carbons (Fsp3) is 0.250. The monoisotopic (exact) mass is 245 g/mol. The van der Waals surface area contributed by atoms with Crippen molar-refractivity contribution in [1.82, 2.24) is 15.0 Å². The topological polar surface area (TPSA) is 85.8 Å². The number of carbonyl (C=O) groups excluding carboxylic acids is 1. The number of benzene rings is 1. The first-order valence-electron chi connectivity index (χ1n) is 5.63. The molecule has 1 amide bonds. The number of carbonyl (C=O) groups is 1. The molecule has 0 saturated carbocycles. The molecule has 0 radical (unpaired) electrons. The summed E-state index contributed by atoms with van der Waals surface area (Å²) in [5.74, 6) is -0.146. The van der Waals surface area contributed by atoms with E-state index >= 15 is 0 Å². The quantitative estimate of drug-likeness (QED) is 0.829. The average molecular weight is 245 g/mol. The summed E-state index contributed by atoms with van der Waals surface area (Å²) in [6.07, 6.45) is 1.66. The van der Waals surface area contributed by atoms with Crippen molar-refractivity contribution >= 4 is 11.6 Å². The van der Waals surface area contributed by atoms with Gasteiger partial charge in [0.15, 0.2) is 0 Å². The molecule has 3 N–H and O–H groups in total. The van der Waals surface area contributed by atoms with E-state index in [-0.39, 0.29) is 12.5 Å². The van der Waals surface area contributed by atoms with Crippen LogP contribution in [0.3, 0.4) is 0 Å².